The van der Waals surface area contributed by atoms with Gasteiger partial charge in [-0.25, -0.2) is 0 Å². The molecule has 1 aliphatic carbocycles. The van der Waals surface area contributed by atoms with Gasteiger partial charge < -0.3 is 9.52 Å². The van der Waals surface area contributed by atoms with Crippen molar-refractivity contribution in [3.05, 3.63) is 72.7 Å². The maximum atomic E-state index is 10.3. The van der Waals surface area contributed by atoms with Gasteiger partial charge in [-0.15, -0.1) is 6.58 Å². The third-order valence-corrected chi connectivity index (χ3v) is 5.02. The van der Waals surface area contributed by atoms with Crippen molar-refractivity contribution in [3.8, 4) is 0 Å². The van der Waals surface area contributed by atoms with E-state index in [2.05, 4.69) is 35.7 Å². The SMILES string of the molecule is C=CC1CC1(CN(Cc1ccccc1)Cc1ccco1)C(C)O. The molecule has 1 N–H and O–H groups in total. The van der Waals surface area contributed by atoms with Gasteiger partial charge in [0.2, 0.25) is 0 Å². The Labute approximate surface area is 138 Å². The van der Waals surface area contributed by atoms with E-state index in [1.807, 2.05) is 31.2 Å². The number of allylic oxidation sites excluding steroid dienone is 1. The smallest absolute Gasteiger partial charge is 0.117 e. The highest BCUT2D eigenvalue weighted by molar-refractivity contribution is 5.17. The largest absolute Gasteiger partial charge is 0.468 e. The summed E-state index contributed by atoms with van der Waals surface area (Å²) in [5.74, 6) is 1.36. The molecule has 1 aromatic heterocycles. The molecule has 2 aromatic rings. The van der Waals surface area contributed by atoms with Crippen molar-refractivity contribution < 1.29 is 9.52 Å². The second-order valence-electron chi connectivity index (χ2n) is 6.67. The summed E-state index contributed by atoms with van der Waals surface area (Å²) in [6, 6.07) is 14.4. The van der Waals surface area contributed by atoms with Crippen LogP contribution >= 0.6 is 0 Å². The predicted octanol–water partition coefficient (Wildman–Crippen LogP) is 3.85. The number of aliphatic hydroxyl groups is 1. The van der Waals surface area contributed by atoms with Gasteiger partial charge in [0, 0.05) is 18.5 Å². The quantitative estimate of drug-likeness (QED) is 0.752. The van der Waals surface area contributed by atoms with Crippen LogP contribution in [0.4, 0.5) is 0 Å². The van der Waals surface area contributed by atoms with E-state index in [0.29, 0.717) is 5.92 Å². The minimum Gasteiger partial charge on any atom is -0.468 e. The van der Waals surface area contributed by atoms with E-state index < -0.39 is 0 Å². The molecule has 0 saturated heterocycles. The number of hydrogen-bond donors (Lipinski definition) is 1. The summed E-state index contributed by atoms with van der Waals surface area (Å²) in [6.45, 7) is 8.26. The van der Waals surface area contributed by atoms with Crippen molar-refractivity contribution in [2.45, 2.75) is 32.5 Å². The first-order valence-electron chi connectivity index (χ1n) is 8.23. The normalized spacial score (nSPS) is 24.6. The summed E-state index contributed by atoms with van der Waals surface area (Å²) in [6.07, 6.45) is 4.38. The van der Waals surface area contributed by atoms with Crippen LogP contribution in [0.25, 0.3) is 0 Å². The number of furan rings is 1. The first-order valence-corrected chi connectivity index (χ1v) is 8.23. The molecule has 3 rings (SSSR count). The van der Waals surface area contributed by atoms with Crippen LogP contribution in [0.1, 0.15) is 24.7 Å². The van der Waals surface area contributed by atoms with E-state index in [9.17, 15) is 5.11 Å². The van der Waals surface area contributed by atoms with E-state index in [4.69, 9.17) is 4.42 Å². The fourth-order valence-electron chi connectivity index (χ4n) is 3.51. The zero-order valence-electron chi connectivity index (χ0n) is 13.7. The highest BCUT2D eigenvalue weighted by Gasteiger charge is 2.56. The monoisotopic (exact) mass is 311 g/mol. The van der Waals surface area contributed by atoms with Gasteiger partial charge in [-0.2, -0.15) is 0 Å². The lowest BCUT2D eigenvalue weighted by atomic mass is 9.95. The molecule has 23 heavy (non-hydrogen) atoms. The zero-order chi connectivity index (χ0) is 16.3. The third kappa shape index (κ3) is 3.57. The molecule has 122 valence electrons. The van der Waals surface area contributed by atoms with Gasteiger partial charge in [-0.05, 0) is 37.0 Å². The second-order valence-corrected chi connectivity index (χ2v) is 6.67. The van der Waals surface area contributed by atoms with Gasteiger partial charge in [0.05, 0.1) is 18.9 Å². The van der Waals surface area contributed by atoms with Gasteiger partial charge in [0.25, 0.3) is 0 Å². The van der Waals surface area contributed by atoms with Gasteiger partial charge in [-0.3, -0.25) is 4.90 Å². The Morgan fingerprint density at radius 3 is 2.65 bits per heavy atom. The molecule has 0 aliphatic heterocycles. The molecule has 1 fully saturated rings. The van der Waals surface area contributed by atoms with Crippen molar-refractivity contribution >= 4 is 0 Å². The Bertz CT molecular complexity index is 620. The van der Waals surface area contributed by atoms with E-state index in [-0.39, 0.29) is 11.5 Å². The highest BCUT2D eigenvalue weighted by atomic mass is 16.3. The molecular weight excluding hydrogens is 286 g/mol. The molecule has 0 radical (unpaired) electrons. The summed E-state index contributed by atoms with van der Waals surface area (Å²) in [5, 5.41) is 10.3. The molecule has 1 heterocycles. The average Bonchev–Trinajstić information content (AvgIpc) is 3.02. The summed E-state index contributed by atoms with van der Waals surface area (Å²) < 4.78 is 5.53. The molecule has 0 bridgehead atoms. The second kappa shape index (κ2) is 6.73. The lowest BCUT2D eigenvalue weighted by molar-refractivity contribution is 0.0635. The number of nitrogens with zero attached hydrogens (tertiary/aromatic N) is 1. The summed E-state index contributed by atoms with van der Waals surface area (Å²) in [7, 11) is 0. The summed E-state index contributed by atoms with van der Waals surface area (Å²) in [4.78, 5) is 2.37. The Hall–Kier alpha value is -1.84. The van der Waals surface area contributed by atoms with Crippen molar-refractivity contribution in [2.24, 2.45) is 11.3 Å². The molecule has 3 unspecified atom stereocenters. The van der Waals surface area contributed by atoms with Crippen molar-refractivity contribution in [3.63, 3.8) is 0 Å². The third-order valence-electron chi connectivity index (χ3n) is 5.02. The van der Waals surface area contributed by atoms with Crippen LogP contribution in [0.3, 0.4) is 0 Å². The topological polar surface area (TPSA) is 36.6 Å². The van der Waals surface area contributed by atoms with Crippen molar-refractivity contribution in [1.29, 1.82) is 0 Å². The molecule has 0 amide bonds. The summed E-state index contributed by atoms with van der Waals surface area (Å²) >= 11 is 0. The van der Waals surface area contributed by atoms with E-state index in [1.54, 1.807) is 6.26 Å². The molecule has 3 heteroatoms. The lowest BCUT2D eigenvalue weighted by Crippen LogP contribution is -2.36. The average molecular weight is 311 g/mol. The van der Waals surface area contributed by atoms with Crippen molar-refractivity contribution in [2.75, 3.05) is 6.54 Å². The first kappa shape index (κ1) is 16.0. The van der Waals surface area contributed by atoms with Gasteiger partial charge in [0.1, 0.15) is 5.76 Å². The molecule has 3 nitrogen and oxygen atoms in total. The van der Waals surface area contributed by atoms with Crippen LogP contribution in [0.15, 0.2) is 65.8 Å². The van der Waals surface area contributed by atoms with Crippen LogP contribution in [-0.2, 0) is 13.1 Å². The Balaban J connectivity index is 1.76. The predicted molar refractivity (Wildman–Crippen MR) is 91.7 cm³/mol. The molecule has 1 saturated carbocycles. The van der Waals surface area contributed by atoms with Crippen LogP contribution in [0.2, 0.25) is 0 Å². The maximum absolute atomic E-state index is 10.3. The van der Waals surface area contributed by atoms with Crippen molar-refractivity contribution in [1.82, 2.24) is 4.90 Å². The molecule has 1 aliphatic rings. The first-order chi connectivity index (χ1) is 11.1. The standard InChI is InChI=1S/C20H25NO2/c1-3-18-12-20(18,16(2)22)15-21(14-19-10-7-11-23-19)13-17-8-5-4-6-9-17/h3-11,16,18,22H,1,12-15H2,2H3. The fraction of sp³-hybridized carbons (Fsp3) is 0.400. The number of benzene rings is 1. The summed E-state index contributed by atoms with van der Waals surface area (Å²) in [5.41, 5.74) is 1.21. The maximum Gasteiger partial charge on any atom is 0.117 e. The van der Waals surface area contributed by atoms with Crippen LogP contribution in [-0.4, -0.2) is 22.7 Å². The Morgan fingerprint density at radius 2 is 2.09 bits per heavy atom. The Kier molecular flexibility index (Phi) is 4.69. The zero-order valence-corrected chi connectivity index (χ0v) is 13.7. The molecule has 0 spiro atoms. The van der Waals surface area contributed by atoms with E-state index in [0.717, 1.165) is 31.8 Å². The highest BCUT2D eigenvalue weighted by Crippen LogP contribution is 2.56. The van der Waals surface area contributed by atoms with Crippen LogP contribution in [0, 0.1) is 11.3 Å². The van der Waals surface area contributed by atoms with Crippen LogP contribution in [0.5, 0.6) is 0 Å². The van der Waals surface area contributed by atoms with Gasteiger partial charge in [0.15, 0.2) is 0 Å². The van der Waals surface area contributed by atoms with E-state index in [1.165, 1.54) is 5.56 Å². The van der Waals surface area contributed by atoms with E-state index >= 15 is 0 Å². The molecular formula is C20H25NO2. The van der Waals surface area contributed by atoms with Gasteiger partial charge >= 0.3 is 0 Å². The molecule has 3 atom stereocenters. The number of rotatable bonds is 8. The lowest BCUT2D eigenvalue weighted by Gasteiger charge is -2.29. The fourth-order valence-corrected chi connectivity index (χ4v) is 3.51. The minimum atomic E-state index is -0.333. The number of hydrogen-bond acceptors (Lipinski definition) is 3. The minimum absolute atomic E-state index is 0.0663. The van der Waals surface area contributed by atoms with Gasteiger partial charge in [-0.1, -0.05) is 36.4 Å². The number of aliphatic hydroxyl groups excluding tert-OH is 1. The Morgan fingerprint density at radius 1 is 1.30 bits per heavy atom. The van der Waals surface area contributed by atoms with Crippen LogP contribution < -0.4 is 0 Å². The molecule has 1 aromatic carbocycles.